The molecule has 0 amide bonds. The Morgan fingerprint density at radius 2 is 1.07 bits per heavy atom. The minimum Gasteiger partial charge on any atom is -0.296 e. The Hall–Kier alpha value is -0.160. The molecule has 0 aromatic rings. The predicted octanol–water partition coefficient (Wildman–Crippen LogP) is 3.76. The van der Waals surface area contributed by atoms with Crippen LogP contribution in [0.1, 0.15) is 76.2 Å². The van der Waals surface area contributed by atoms with E-state index < -0.39 is 0 Å². The van der Waals surface area contributed by atoms with Crippen LogP contribution >= 0.6 is 0 Å². The van der Waals surface area contributed by atoms with Gasteiger partial charge in [0.15, 0.2) is 0 Å². The Balaban J connectivity index is 2.15. The highest BCUT2D eigenvalue weighted by molar-refractivity contribution is 5.07. The van der Waals surface area contributed by atoms with E-state index in [1.165, 1.54) is 32.7 Å². The van der Waals surface area contributed by atoms with Gasteiger partial charge in [0.25, 0.3) is 0 Å². The molecule has 2 aliphatic heterocycles. The standard InChI is InChI=1S/C23H48N4/c1-17(2)26-13-12-24(14-19(26)5)22(8,9)23(10,11)25-15-20(6)27(18(3)4)21(7)16-25/h17-21H,12-16H2,1-11H3. The fourth-order valence-electron chi connectivity index (χ4n) is 5.83. The van der Waals surface area contributed by atoms with Crippen molar-refractivity contribution in [1.82, 2.24) is 19.6 Å². The molecule has 4 nitrogen and oxygen atoms in total. The molecule has 0 radical (unpaired) electrons. The van der Waals surface area contributed by atoms with Crippen molar-refractivity contribution >= 4 is 0 Å². The SMILES string of the molecule is CC(C)N1CCN(C(C)(C)C(C)(C)N2CC(C)N(C(C)C)C(C)C2)CC1C. The largest absolute Gasteiger partial charge is 0.296 e. The molecule has 3 atom stereocenters. The van der Waals surface area contributed by atoms with Crippen molar-refractivity contribution < 1.29 is 0 Å². The van der Waals surface area contributed by atoms with Crippen LogP contribution in [0.4, 0.5) is 0 Å². The molecule has 0 aromatic carbocycles. The Morgan fingerprint density at radius 1 is 0.630 bits per heavy atom. The van der Waals surface area contributed by atoms with Crippen LogP contribution in [0.25, 0.3) is 0 Å². The van der Waals surface area contributed by atoms with E-state index >= 15 is 0 Å². The lowest BCUT2D eigenvalue weighted by Gasteiger charge is -2.60. The number of rotatable bonds is 5. The maximum atomic E-state index is 2.78. The molecule has 0 saturated carbocycles. The Morgan fingerprint density at radius 3 is 1.48 bits per heavy atom. The van der Waals surface area contributed by atoms with Crippen LogP contribution in [0.3, 0.4) is 0 Å². The first-order chi connectivity index (χ1) is 12.3. The first kappa shape index (κ1) is 23.1. The van der Waals surface area contributed by atoms with Gasteiger partial charge < -0.3 is 0 Å². The van der Waals surface area contributed by atoms with Gasteiger partial charge in [-0.25, -0.2) is 0 Å². The van der Waals surface area contributed by atoms with Crippen molar-refractivity contribution in [3.05, 3.63) is 0 Å². The van der Waals surface area contributed by atoms with Gasteiger partial charge in [0.05, 0.1) is 0 Å². The van der Waals surface area contributed by atoms with Gasteiger partial charge in [-0.2, -0.15) is 0 Å². The van der Waals surface area contributed by atoms with Crippen LogP contribution in [0.2, 0.25) is 0 Å². The molecule has 0 aromatic heterocycles. The predicted molar refractivity (Wildman–Crippen MR) is 119 cm³/mol. The summed E-state index contributed by atoms with van der Waals surface area (Å²) < 4.78 is 0. The highest BCUT2D eigenvalue weighted by Crippen LogP contribution is 2.37. The topological polar surface area (TPSA) is 13.0 Å². The first-order valence-corrected chi connectivity index (χ1v) is 11.3. The lowest BCUT2D eigenvalue weighted by molar-refractivity contribution is -0.102. The molecule has 0 bridgehead atoms. The van der Waals surface area contributed by atoms with Crippen LogP contribution in [0.15, 0.2) is 0 Å². The van der Waals surface area contributed by atoms with Crippen molar-refractivity contribution in [2.24, 2.45) is 0 Å². The molecular weight excluding hydrogens is 332 g/mol. The molecule has 160 valence electrons. The maximum absolute atomic E-state index is 2.78. The second kappa shape index (κ2) is 8.30. The quantitative estimate of drug-likeness (QED) is 0.720. The second-order valence-electron chi connectivity index (χ2n) is 10.9. The molecule has 3 unspecified atom stereocenters. The molecule has 2 rings (SSSR count). The number of hydrogen-bond donors (Lipinski definition) is 0. The summed E-state index contributed by atoms with van der Waals surface area (Å²) >= 11 is 0. The fraction of sp³-hybridized carbons (Fsp3) is 1.00. The van der Waals surface area contributed by atoms with Gasteiger partial charge in [0.2, 0.25) is 0 Å². The van der Waals surface area contributed by atoms with Crippen molar-refractivity contribution in [3.8, 4) is 0 Å². The van der Waals surface area contributed by atoms with E-state index in [0.717, 1.165) is 0 Å². The summed E-state index contributed by atoms with van der Waals surface area (Å²) in [4.78, 5) is 10.9. The molecule has 0 aliphatic carbocycles. The zero-order valence-corrected chi connectivity index (χ0v) is 20.2. The van der Waals surface area contributed by atoms with Crippen molar-refractivity contribution in [2.75, 3.05) is 32.7 Å². The van der Waals surface area contributed by atoms with Crippen LogP contribution in [0, 0.1) is 0 Å². The Bertz CT molecular complexity index is 473. The van der Waals surface area contributed by atoms with Crippen molar-refractivity contribution in [2.45, 2.75) is 117 Å². The normalized spacial score (nSPS) is 31.2. The van der Waals surface area contributed by atoms with E-state index in [0.29, 0.717) is 30.2 Å². The summed E-state index contributed by atoms with van der Waals surface area (Å²) in [5.74, 6) is 0. The van der Waals surface area contributed by atoms with Gasteiger partial charge in [-0.3, -0.25) is 19.6 Å². The molecule has 0 N–H and O–H groups in total. The number of piperazine rings is 2. The zero-order chi connectivity index (χ0) is 20.7. The van der Waals surface area contributed by atoms with E-state index in [4.69, 9.17) is 0 Å². The summed E-state index contributed by atoms with van der Waals surface area (Å²) in [6.45, 7) is 32.4. The third kappa shape index (κ3) is 4.39. The summed E-state index contributed by atoms with van der Waals surface area (Å²) in [5.41, 5.74) is 0.280. The van der Waals surface area contributed by atoms with E-state index in [1.54, 1.807) is 0 Å². The lowest BCUT2D eigenvalue weighted by atomic mass is 9.77. The lowest BCUT2D eigenvalue weighted by Crippen LogP contribution is -2.73. The van der Waals surface area contributed by atoms with Crippen molar-refractivity contribution in [3.63, 3.8) is 0 Å². The van der Waals surface area contributed by atoms with Gasteiger partial charge in [-0.05, 0) is 76.2 Å². The molecule has 27 heavy (non-hydrogen) atoms. The van der Waals surface area contributed by atoms with Crippen LogP contribution in [-0.2, 0) is 0 Å². The van der Waals surface area contributed by atoms with Crippen LogP contribution in [-0.4, -0.2) is 93.6 Å². The highest BCUT2D eigenvalue weighted by Gasteiger charge is 2.49. The van der Waals surface area contributed by atoms with E-state index in [9.17, 15) is 0 Å². The van der Waals surface area contributed by atoms with Gasteiger partial charge in [-0.1, -0.05) is 0 Å². The third-order valence-corrected chi connectivity index (χ3v) is 8.00. The molecule has 2 saturated heterocycles. The van der Waals surface area contributed by atoms with Crippen LogP contribution < -0.4 is 0 Å². The van der Waals surface area contributed by atoms with E-state index in [2.05, 4.69) is 95.8 Å². The van der Waals surface area contributed by atoms with Crippen molar-refractivity contribution in [1.29, 1.82) is 0 Å². The average Bonchev–Trinajstić information content (AvgIpc) is 2.52. The molecule has 2 fully saturated rings. The minimum absolute atomic E-state index is 0.137. The molecule has 2 heterocycles. The van der Waals surface area contributed by atoms with Gasteiger partial charge in [0.1, 0.15) is 0 Å². The van der Waals surface area contributed by atoms with Gasteiger partial charge >= 0.3 is 0 Å². The third-order valence-electron chi connectivity index (χ3n) is 8.00. The molecule has 0 spiro atoms. The zero-order valence-electron chi connectivity index (χ0n) is 20.2. The number of nitrogens with zero attached hydrogens (tertiary/aromatic N) is 4. The first-order valence-electron chi connectivity index (χ1n) is 11.3. The highest BCUT2D eigenvalue weighted by atomic mass is 15.4. The number of hydrogen-bond acceptors (Lipinski definition) is 4. The summed E-state index contributed by atoms with van der Waals surface area (Å²) in [6.07, 6.45) is 0. The van der Waals surface area contributed by atoms with Crippen LogP contribution in [0.5, 0.6) is 0 Å². The molecular formula is C23H48N4. The minimum atomic E-state index is 0.137. The van der Waals surface area contributed by atoms with Gasteiger partial charge in [-0.15, -0.1) is 0 Å². The monoisotopic (exact) mass is 380 g/mol. The second-order valence-corrected chi connectivity index (χ2v) is 10.9. The summed E-state index contributed by atoms with van der Waals surface area (Å²) in [7, 11) is 0. The Kier molecular flexibility index (Phi) is 7.10. The fourth-order valence-corrected chi connectivity index (χ4v) is 5.83. The average molecular weight is 381 g/mol. The molecule has 4 heteroatoms. The van der Waals surface area contributed by atoms with E-state index in [1.807, 2.05) is 0 Å². The van der Waals surface area contributed by atoms with E-state index in [-0.39, 0.29) is 11.1 Å². The van der Waals surface area contributed by atoms with Gasteiger partial charge in [0, 0.05) is 74.0 Å². The Labute approximate surface area is 170 Å². The maximum Gasteiger partial charge on any atom is 0.0332 e. The molecule has 2 aliphatic rings. The summed E-state index contributed by atoms with van der Waals surface area (Å²) in [5, 5.41) is 0. The smallest absolute Gasteiger partial charge is 0.0332 e. The summed E-state index contributed by atoms with van der Waals surface area (Å²) in [6, 6.07) is 3.12.